The molecule has 2 heterocycles. The Bertz CT molecular complexity index is 611. The van der Waals surface area contributed by atoms with E-state index in [9.17, 15) is 9.59 Å². The normalized spacial score (nSPS) is 20.6. The number of carbonyl (C=O) groups excluding carboxylic acids is 2. The topological polar surface area (TPSA) is 53.1 Å². The molecular weight excluding hydrogens is 318 g/mol. The molecule has 0 saturated carbocycles. The van der Waals surface area contributed by atoms with Gasteiger partial charge in [0.1, 0.15) is 6.54 Å². The molecule has 1 aromatic carbocycles. The number of amides is 2. The Labute approximate surface area is 149 Å². The number of hydrogen-bond acceptors (Lipinski definition) is 4. The van der Waals surface area contributed by atoms with E-state index in [2.05, 4.69) is 4.90 Å². The smallest absolute Gasteiger partial charge is 0.246 e. The van der Waals surface area contributed by atoms with Crippen molar-refractivity contribution in [3.05, 3.63) is 29.8 Å². The summed E-state index contributed by atoms with van der Waals surface area (Å²) in [6.07, 6.45) is 0.755. The molecule has 2 fully saturated rings. The van der Waals surface area contributed by atoms with E-state index < -0.39 is 0 Å². The lowest BCUT2D eigenvalue weighted by atomic mass is 10.1. The monoisotopic (exact) mass is 345 g/mol. The van der Waals surface area contributed by atoms with Crippen LogP contribution in [0.25, 0.3) is 0 Å². The van der Waals surface area contributed by atoms with Gasteiger partial charge in [0, 0.05) is 31.9 Å². The molecule has 6 heteroatoms. The minimum absolute atomic E-state index is 0.0136. The van der Waals surface area contributed by atoms with Gasteiger partial charge in [-0.05, 0) is 25.5 Å². The first kappa shape index (κ1) is 17.9. The summed E-state index contributed by atoms with van der Waals surface area (Å²) in [5, 5.41) is 0. The Balaban J connectivity index is 1.64. The maximum Gasteiger partial charge on any atom is 0.246 e. The minimum Gasteiger partial charge on any atom is -0.379 e. The van der Waals surface area contributed by atoms with Crippen molar-refractivity contribution in [1.29, 1.82) is 0 Å². The van der Waals surface area contributed by atoms with E-state index in [0.29, 0.717) is 26.3 Å². The molecule has 2 saturated heterocycles. The van der Waals surface area contributed by atoms with Gasteiger partial charge in [0.05, 0.1) is 19.3 Å². The zero-order valence-corrected chi connectivity index (χ0v) is 15.1. The lowest BCUT2D eigenvalue weighted by Gasteiger charge is -2.39. The van der Waals surface area contributed by atoms with Crippen LogP contribution in [0.5, 0.6) is 0 Å². The number of anilines is 1. The zero-order chi connectivity index (χ0) is 17.8. The lowest BCUT2D eigenvalue weighted by molar-refractivity contribution is -0.143. The number of carbonyl (C=O) groups is 2. The second-order valence-electron chi connectivity index (χ2n) is 6.71. The number of nitrogens with zero attached hydrogens (tertiary/aromatic N) is 3. The highest BCUT2D eigenvalue weighted by Gasteiger charge is 2.34. The number of rotatable bonds is 4. The first-order chi connectivity index (χ1) is 12.1. The predicted octanol–water partition coefficient (Wildman–Crippen LogP) is 1.28. The molecule has 0 aliphatic carbocycles. The van der Waals surface area contributed by atoms with Crippen LogP contribution in [0, 0.1) is 6.92 Å². The molecule has 0 aromatic heterocycles. The van der Waals surface area contributed by atoms with Crippen molar-refractivity contribution >= 4 is 17.5 Å². The summed E-state index contributed by atoms with van der Waals surface area (Å²) in [5.41, 5.74) is 2.07. The Morgan fingerprint density at radius 2 is 1.80 bits per heavy atom. The van der Waals surface area contributed by atoms with E-state index in [1.807, 2.05) is 38.1 Å². The molecule has 2 amide bonds. The van der Waals surface area contributed by atoms with Crippen LogP contribution in [-0.4, -0.2) is 73.6 Å². The van der Waals surface area contributed by atoms with E-state index in [4.69, 9.17) is 4.74 Å². The van der Waals surface area contributed by atoms with Crippen molar-refractivity contribution < 1.29 is 14.3 Å². The van der Waals surface area contributed by atoms with Gasteiger partial charge in [0.2, 0.25) is 11.8 Å². The summed E-state index contributed by atoms with van der Waals surface area (Å²) < 4.78 is 5.38. The van der Waals surface area contributed by atoms with Crippen LogP contribution in [0.1, 0.15) is 18.9 Å². The third-order valence-corrected chi connectivity index (χ3v) is 5.04. The number of hydrogen-bond donors (Lipinski definition) is 0. The van der Waals surface area contributed by atoms with Crippen molar-refractivity contribution in [2.24, 2.45) is 0 Å². The summed E-state index contributed by atoms with van der Waals surface area (Å²) in [7, 11) is 0. The second-order valence-corrected chi connectivity index (χ2v) is 6.71. The first-order valence-corrected chi connectivity index (χ1v) is 9.07. The maximum atomic E-state index is 12.9. The van der Waals surface area contributed by atoms with Gasteiger partial charge in [-0.15, -0.1) is 0 Å². The molecule has 0 N–H and O–H groups in total. The van der Waals surface area contributed by atoms with E-state index >= 15 is 0 Å². The van der Waals surface area contributed by atoms with Gasteiger partial charge in [0.15, 0.2) is 0 Å². The minimum atomic E-state index is -0.150. The van der Waals surface area contributed by atoms with Crippen molar-refractivity contribution in [2.75, 3.05) is 50.8 Å². The molecule has 1 atom stereocenters. The molecular formula is C19H27N3O3. The molecule has 0 unspecified atom stereocenters. The Hall–Kier alpha value is -1.92. The van der Waals surface area contributed by atoms with Crippen LogP contribution < -0.4 is 4.90 Å². The molecule has 136 valence electrons. The molecule has 2 aliphatic rings. The summed E-state index contributed by atoms with van der Waals surface area (Å²) in [6, 6.07) is 7.79. The van der Waals surface area contributed by atoms with Gasteiger partial charge in [-0.2, -0.15) is 0 Å². The Morgan fingerprint density at radius 1 is 1.12 bits per heavy atom. The standard InChI is InChI=1S/C19H27N3O3/c1-3-17(20-10-12-25-13-11-20)19(24)21-8-9-22(18(23)14-21)16-6-4-15(2)5-7-16/h4-7,17H,3,8-14H2,1-2H3/t17-/m0/s1. The van der Waals surface area contributed by atoms with E-state index in [0.717, 1.165) is 25.2 Å². The zero-order valence-electron chi connectivity index (χ0n) is 15.1. The van der Waals surface area contributed by atoms with Crippen LogP contribution in [0.15, 0.2) is 24.3 Å². The van der Waals surface area contributed by atoms with Gasteiger partial charge in [-0.1, -0.05) is 24.6 Å². The van der Waals surface area contributed by atoms with Crippen molar-refractivity contribution in [2.45, 2.75) is 26.3 Å². The number of morpholine rings is 1. The predicted molar refractivity (Wildman–Crippen MR) is 96.6 cm³/mol. The average Bonchev–Trinajstić information content (AvgIpc) is 2.64. The Morgan fingerprint density at radius 3 is 2.40 bits per heavy atom. The summed E-state index contributed by atoms with van der Waals surface area (Å²) in [5.74, 6) is 0.0570. The molecule has 2 aliphatic heterocycles. The van der Waals surface area contributed by atoms with Crippen LogP contribution in [0.4, 0.5) is 5.69 Å². The van der Waals surface area contributed by atoms with Crippen molar-refractivity contribution in [3.8, 4) is 0 Å². The summed E-state index contributed by atoms with van der Waals surface area (Å²) in [4.78, 5) is 31.2. The number of aryl methyl sites for hydroxylation is 1. The molecule has 0 spiro atoms. The van der Waals surface area contributed by atoms with Crippen LogP contribution in [-0.2, 0) is 14.3 Å². The van der Waals surface area contributed by atoms with Crippen LogP contribution in [0.3, 0.4) is 0 Å². The fraction of sp³-hybridized carbons (Fsp3) is 0.579. The molecule has 3 rings (SSSR count). The highest BCUT2D eigenvalue weighted by molar-refractivity contribution is 5.98. The number of benzene rings is 1. The fourth-order valence-corrected chi connectivity index (χ4v) is 3.55. The second kappa shape index (κ2) is 7.97. The number of piperazine rings is 1. The quantitative estimate of drug-likeness (QED) is 0.825. The molecule has 0 radical (unpaired) electrons. The van der Waals surface area contributed by atoms with Crippen molar-refractivity contribution in [1.82, 2.24) is 9.80 Å². The van der Waals surface area contributed by atoms with Gasteiger partial charge in [-0.25, -0.2) is 0 Å². The van der Waals surface area contributed by atoms with E-state index in [1.54, 1.807) is 9.80 Å². The molecule has 0 bridgehead atoms. The largest absolute Gasteiger partial charge is 0.379 e. The first-order valence-electron chi connectivity index (χ1n) is 9.07. The molecule has 1 aromatic rings. The Kier molecular flexibility index (Phi) is 5.71. The van der Waals surface area contributed by atoms with Gasteiger partial charge >= 0.3 is 0 Å². The van der Waals surface area contributed by atoms with Crippen molar-refractivity contribution in [3.63, 3.8) is 0 Å². The van der Waals surface area contributed by atoms with Gasteiger partial charge in [0.25, 0.3) is 0 Å². The highest BCUT2D eigenvalue weighted by atomic mass is 16.5. The fourth-order valence-electron chi connectivity index (χ4n) is 3.55. The van der Waals surface area contributed by atoms with Gasteiger partial charge < -0.3 is 14.5 Å². The molecule has 25 heavy (non-hydrogen) atoms. The summed E-state index contributed by atoms with van der Waals surface area (Å²) in [6.45, 7) is 8.25. The third kappa shape index (κ3) is 4.02. The average molecular weight is 345 g/mol. The van der Waals surface area contributed by atoms with Gasteiger partial charge in [-0.3, -0.25) is 14.5 Å². The van der Waals surface area contributed by atoms with Crippen LogP contribution >= 0.6 is 0 Å². The SMILES string of the molecule is CC[C@@H](C(=O)N1CCN(c2ccc(C)cc2)C(=O)C1)N1CCOCC1. The third-order valence-electron chi connectivity index (χ3n) is 5.04. The van der Waals surface area contributed by atoms with E-state index in [1.165, 1.54) is 5.56 Å². The summed E-state index contributed by atoms with van der Waals surface area (Å²) >= 11 is 0. The maximum absolute atomic E-state index is 12.9. The number of ether oxygens (including phenoxy) is 1. The molecule has 6 nitrogen and oxygen atoms in total. The lowest BCUT2D eigenvalue weighted by Crippen LogP contribution is -2.58. The van der Waals surface area contributed by atoms with E-state index in [-0.39, 0.29) is 24.4 Å². The highest BCUT2D eigenvalue weighted by Crippen LogP contribution is 2.19. The van der Waals surface area contributed by atoms with Crippen LogP contribution in [0.2, 0.25) is 0 Å².